The summed E-state index contributed by atoms with van der Waals surface area (Å²) in [6, 6.07) is 3.37. The van der Waals surface area contributed by atoms with Crippen LogP contribution in [0.25, 0.3) is 10.9 Å². The Hall–Kier alpha value is -2.48. The Bertz CT molecular complexity index is 1020. The van der Waals surface area contributed by atoms with Crippen LogP contribution in [0.15, 0.2) is 24.5 Å². The summed E-state index contributed by atoms with van der Waals surface area (Å²) in [6.45, 7) is 1.76. The molecule has 0 radical (unpaired) electrons. The summed E-state index contributed by atoms with van der Waals surface area (Å²) in [4.78, 5) is 15.6. The van der Waals surface area contributed by atoms with Gasteiger partial charge in [0, 0.05) is 0 Å². The Morgan fingerprint density at radius 3 is 2.50 bits per heavy atom. The van der Waals surface area contributed by atoms with Crippen molar-refractivity contribution in [3.63, 3.8) is 0 Å². The maximum absolute atomic E-state index is 13.3. The van der Waals surface area contributed by atoms with Gasteiger partial charge in [-0.15, -0.1) is 0 Å². The van der Waals surface area contributed by atoms with Gasteiger partial charge in [-0.05, 0) is 43.4 Å². The molecule has 5 nitrogen and oxygen atoms in total. The molecule has 2 aromatic heterocycles. The lowest BCUT2D eigenvalue weighted by molar-refractivity contribution is -0.144. The van der Waals surface area contributed by atoms with Crippen LogP contribution in [-0.4, -0.2) is 19.9 Å². The SMILES string of the molecule is Cc1cc(Oc2ncc(Cl)cn2)c2c(CCC3CC3)nc(C(F)(F)F)nc2c1. The number of alkyl halides is 3. The second-order valence-electron chi connectivity index (χ2n) is 6.92. The highest BCUT2D eigenvalue weighted by Crippen LogP contribution is 2.38. The van der Waals surface area contributed by atoms with Crippen molar-refractivity contribution in [2.45, 2.75) is 38.8 Å². The van der Waals surface area contributed by atoms with Crippen LogP contribution in [0, 0.1) is 12.8 Å². The molecule has 28 heavy (non-hydrogen) atoms. The lowest BCUT2D eigenvalue weighted by Crippen LogP contribution is -2.13. The largest absolute Gasteiger partial charge is 0.451 e. The molecule has 1 aliphatic carbocycles. The Morgan fingerprint density at radius 2 is 1.86 bits per heavy atom. The van der Waals surface area contributed by atoms with Gasteiger partial charge in [0.15, 0.2) is 0 Å². The first-order chi connectivity index (χ1) is 13.3. The molecule has 0 N–H and O–H groups in total. The van der Waals surface area contributed by atoms with Gasteiger partial charge >= 0.3 is 12.2 Å². The van der Waals surface area contributed by atoms with Crippen LogP contribution in [0.4, 0.5) is 13.2 Å². The van der Waals surface area contributed by atoms with E-state index in [0.717, 1.165) is 19.3 Å². The van der Waals surface area contributed by atoms with Crippen molar-refractivity contribution in [1.82, 2.24) is 19.9 Å². The molecule has 1 aliphatic rings. The van der Waals surface area contributed by atoms with Crippen LogP contribution in [0.5, 0.6) is 11.8 Å². The molecule has 1 fully saturated rings. The number of benzene rings is 1. The van der Waals surface area contributed by atoms with E-state index >= 15 is 0 Å². The van der Waals surface area contributed by atoms with Gasteiger partial charge in [0.05, 0.1) is 34.0 Å². The van der Waals surface area contributed by atoms with Gasteiger partial charge in [0.1, 0.15) is 5.75 Å². The quantitative estimate of drug-likeness (QED) is 0.555. The van der Waals surface area contributed by atoms with E-state index in [-0.39, 0.29) is 11.5 Å². The molecule has 9 heteroatoms. The van der Waals surface area contributed by atoms with Gasteiger partial charge < -0.3 is 4.74 Å². The average molecular weight is 409 g/mol. The van der Waals surface area contributed by atoms with Gasteiger partial charge in [0.25, 0.3) is 0 Å². The molecule has 146 valence electrons. The first-order valence-corrected chi connectivity index (χ1v) is 9.21. The number of nitrogens with zero attached hydrogens (tertiary/aromatic N) is 4. The smallest absolute Gasteiger partial charge is 0.423 e. The molecule has 0 spiro atoms. The van der Waals surface area contributed by atoms with Crippen LogP contribution in [0.2, 0.25) is 5.02 Å². The lowest BCUT2D eigenvalue weighted by atomic mass is 10.0. The van der Waals surface area contributed by atoms with Gasteiger partial charge in [-0.25, -0.2) is 19.9 Å². The zero-order chi connectivity index (χ0) is 19.9. The molecular formula is C19H16ClF3N4O. The third-order valence-electron chi connectivity index (χ3n) is 4.52. The van der Waals surface area contributed by atoms with E-state index in [0.29, 0.717) is 39.8 Å². The molecule has 3 aromatic rings. The molecular weight excluding hydrogens is 393 g/mol. The minimum atomic E-state index is -4.62. The molecule has 0 atom stereocenters. The molecule has 2 heterocycles. The number of aromatic nitrogens is 4. The van der Waals surface area contributed by atoms with Crippen LogP contribution in [0.1, 0.15) is 36.3 Å². The number of hydrogen-bond acceptors (Lipinski definition) is 5. The van der Waals surface area contributed by atoms with E-state index in [1.54, 1.807) is 19.1 Å². The summed E-state index contributed by atoms with van der Waals surface area (Å²) in [5, 5.41) is 0.808. The van der Waals surface area contributed by atoms with Gasteiger partial charge in [-0.3, -0.25) is 0 Å². The molecule has 0 aliphatic heterocycles. The van der Waals surface area contributed by atoms with Crippen molar-refractivity contribution >= 4 is 22.5 Å². The number of halogens is 4. The summed E-state index contributed by atoms with van der Waals surface area (Å²) in [5.41, 5.74) is 1.22. The van der Waals surface area contributed by atoms with Crippen LogP contribution in [0.3, 0.4) is 0 Å². The van der Waals surface area contributed by atoms with Crippen LogP contribution >= 0.6 is 11.6 Å². The van der Waals surface area contributed by atoms with Crippen LogP contribution in [-0.2, 0) is 12.6 Å². The number of aryl methyl sites for hydroxylation is 2. The Morgan fingerprint density at radius 1 is 1.14 bits per heavy atom. The third kappa shape index (κ3) is 4.16. The summed E-state index contributed by atoms with van der Waals surface area (Å²) < 4.78 is 45.7. The fourth-order valence-electron chi connectivity index (χ4n) is 3.02. The van der Waals surface area contributed by atoms with Crippen molar-refractivity contribution in [2.75, 3.05) is 0 Å². The zero-order valence-electron chi connectivity index (χ0n) is 14.9. The van der Waals surface area contributed by atoms with Gasteiger partial charge in [-0.1, -0.05) is 24.4 Å². The fourth-order valence-corrected chi connectivity index (χ4v) is 3.12. The van der Waals surface area contributed by atoms with E-state index in [1.165, 1.54) is 12.4 Å². The Labute approximate surface area is 164 Å². The fraction of sp³-hybridized carbons (Fsp3) is 0.368. The van der Waals surface area contributed by atoms with Gasteiger partial charge in [0.2, 0.25) is 5.82 Å². The second kappa shape index (κ2) is 7.16. The van der Waals surface area contributed by atoms with Crippen molar-refractivity contribution in [3.8, 4) is 11.8 Å². The third-order valence-corrected chi connectivity index (χ3v) is 4.71. The average Bonchev–Trinajstić information content (AvgIpc) is 3.44. The predicted molar refractivity (Wildman–Crippen MR) is 97.4 cm³/mol. The van der Waals surface area contributed by atoms with Crippen molar-refractivity contribution in [3.05, 3.63) is 46.6 Å². The van der Waals surface area contributed by atoms with E-state index in [2.05, 4.69) is 19.9 Å². The van der Waals surface area contributed by atoms with E-state index in [9.17, 15) is 13.2 Å². The number of fused-ring (bicyclic) bond motifs is 1. The first-order valence-electron chi connectivity index (χ1n) is 8.83. The van der Waals surface area contributed by atoms with Crippen molar-refractivity contribution < 1.29 is 17.9 Å². The minimum Gasteiger partial charge on any atom is -0.423 e. The monoisotopic (exact) mass is 408 g/mol. The maximum Gasteiger partial charge on any atom is 0.451 e. The Kier molecular flexibility index (Phi) is 4.82. The summed E-state index contributed by atoms with van der Waals surface area (Å²) in [6.07, 6.45) is 1.57. The highest BCUT2D eigenvalue weighted by atomic mass is 35.5. The molecule has 1 saturated carbocycles. The van der Waals surface area contributed by atoms with Crippen LogP contribution < -0.4 is 4.74 Å². The molecule has 0 amide bonds. The summed E-state index contributed by atoms with van der Waals surface area (Å²) in [5.74, 6) is -0.254. The predicted octanol–water partition coefficient (Wildman–Crippen LogP) is 5.54. The van der Waals surface area contributed by atoms with E-state index in [1.807, 2.05) is 0 Å². The van der Waals surface area contributed by atoms with Gasteiger partial charge in [-0.2, -0.15) is 13.2 Å². The summed E-state index contributed by atoms with van der Waals surface area (Å²) >= 11 is 5.79. The topological polar surface area (TPSA) is 60.8 Å². The lowest BCUT2D eigenvalue weighted by Gasteiger charge is -2.14. The molecule has 0 saturated heterocycles. The number of hydrogen-bond donors (Lipinski definition) is 0. The normalized spacial score (nSPS) is 14.5. The minimum absolute atomic E-state index is 0.0457. The molecule has 1 aromatic carbocycles. The van der Waals surface area contributed by atoms with E-state index in [4.69, 9.17) is 16.3 Å². The van der Waals surface area contributed by atoms with Crippen molar-refractivity contribution in [2.24, 2.45) is 5.92 Å². The first kappa shape index (κ1) is 18.9. The maximum atomic E-state index is 13.3. The number of ether oxygens (including phenoxy) is 1. The van der Waals surface area contributed by atoms with Crippen molar-refractivity contribution in [1.29, 1.82) is 0 Å². The number of rotatable bonds is 5. The zero-order valence-corrected chi connectivity index (χ0v) is 15.7. The highest BCUT2D eigenvalue weighted by molar-refractivity contribution is 6.30. The highest BCUT2D eigenvalue weighted by Gasteiger charge is 2.36. The second-order valence-corrected chi connectivity index (χ2v) is 7.35. The standard InChI is InChI=1S/C19H16ClF3N4O/c1-10-6-14-16(15(7-10)28-18-24-8-12(20)9-25-18)13(5-4-11-2-3-11)26-17(27-14)19(21,22)23/h6-9,11H,2-5H2,1H3. The molecule has 0 bridgehead atoms. The molecule has 0 unspecified atom stereocenters. The van der Waals surface area contributed by atoms with E-state index < -0.39 is 12.0 Å². The summed E-state index contributed by atoms with van der Waals surface area (Å²) in [7, 11) is 0. The molecule has 4 rings (SSSR count). The Balaban J connectivity index is 1.84.